The Morgan fingerprint density at radius 2 is 1.44 bits per heavy atom. The second-order valence-electron chi connectivity index (χ2n) is 6.75. The lowest BCUT2D eigenvalue weighted by Gasteiger charge is -2.13. The number of nitrogens with one attached hydrogen (secondary N) is 1. The van der Waals surface area contributed by atoms with Crippen LogP contribution in [-0.2, 0) is 16.0 Å². The molecule has 0 saturated carbocycles. The van der Waals surface area contributed by atoms with Crippen molar-refractivity contribution in [1.82, 2.24) is 5.32 Å². The monoisotopic (exact) mass is 377 g/mol. The van der Waals surface area contributed by atoms with Gasteiger partial charge in [-0.15, -0.1) is 0 Å². The summed E-state index contributed by atoms with van der Waals surface area (Å²) in [4.78, 5) is 24.2. The van der Waals surface area contributed by atoms with Gasteiger partial charge in [-0.1, -0.05) is 52.5 Å². The van der Waals surface area contributed by atoms with Crippen LogP contribution in [-0.4, -0.2) is 25.0 Å². The number of hydrogen-bond acceptors (Lipinski definition) is 5. The van der Waals surface area contributed by atoms with Gasteiger partial charge in [-0.3, -0.25) is 9.59 Å². The Labute approximate surface area is 163 Å². The van der Waals surface area contributed by atoms with Crippen LogP contribution in [0.15, 0.2) is 18.2 Å². The molecule has 1 N–H and O–H groups in total. The predicted octanol–water partition coefficient (Wildman–Crippen LogP) is 4.81. The van der Waals surface area contributed by atoms with E-state index in [-0.39, 0.29) is 11.9 Å². The van der Waals surface area contributed by atoms with Gasteiger partial charge in [-0.25, -0.2) is 0 Å². The molecule has 0 bridgehead atoms. The van der Waals surface area contributed by atoms with E-state index in [0.29, 0.717) is 24.3 Å². The van der Waals surface area contributed by atoms with Crippen molar-refractivity contribution < 1.29 is 19.1 Å². The molecule has 0 amide bonds. The van der Waals surface area contributed by atoms with E-state index < -0.39 is 0 Å². The molecule has 0 unspecified atom stereocenters. The number of carbonyl (C=O) groups is 2. The summed E-state index contributed by atoms with van der Waals surface area (Å²) in [7, 11) is 0. The average Bonchev–Trinajstić information content (AvgIpc) is 2.64. The van der Waals surface area contributed by atoms with Crippen LogP contribution in [0, 0.1) is 0 Å². The zero-order valence-electron chi connectivity index (χ0n) is 17.1. The first-order valence-corrected chi connectivity index (χ1v) is 10.4. The summed E-state index contributed by atoms with van der Waals surface area (Å²) in [5, 5.41) is 3.27. The zero-order chi connectivity index (χ0) is 19.9. The van der Waals surface area contributed by atoms with Crippen LogP contribution in [0.4, 0.5) is 0 Å². The van der Waals surface area contributed by atoms with Crippen LogP contribution in [0.2, 0.25) is 0 Å². The minimum absolute atomic E-state index is 0.282. The van der Waals surface area contributed by atoms with E-state index in [1.807, 2.05) is 12.1 Å². The average molecular weight is 378 g/mol. The standard InChI is InChI=1S/C22H35NO4/c1-4-7-9-11-21(24)26-19-14-13-18(15-16-23-6-3)17-20(19)27-22(25)12-10-8-5-2/h13-14,17,23H,4-12,15-16H2,1-3H3. The van der Waals surface area contributed by atoms with Crippen LogP contribution in [0.3, 0.4) is 0 Å². The number of esters is 2. The Bertz CT molecular complexity index is 571. The molecule has 1 aromatic rings. The lowest BCUT2D eigenvalue weighted by molar-refractivity contribution is -0.137. The number of benzene rings is 1. The highest BCUT2D eigenvalue weighted by atomic mass is 16.6. The van der Waals surface area contributed by atoms with Gasteiger partial charge in [0.05, 0.1) is 0 Å². The second kappa shape index (κ2) is 14.2. The van der Waals surface area contributed by atoms with E-state index in [1.165, 1.54) is 0 Å². The molecule has 1 aromatic carbocycles. The molecule has 0 spiro atoms. The minimum atomic E-state index is -0.285. The Hall–Kier alpha value is -1.88. The lowest BCUT2D eigenvalue weighted by atomic mass is 10.1. The molecule has 0 aromatic heterocycles. The smallest absolute Gasteiger partial charge is 0.311 e. The fourth-order valence-electron chi connectivity index (χ4n) is 2.67. The largest absolute Gasteiger partial charge is 0.423 e. The molecule has 0 aliphatic rings. The Morgan fingerprint density at radius 1 is 0.852 bits per heavy atom. The third-order valence-corrected chi connectivity index (χ3v) is 4.27. The molecule has 5 heteroatoms. The quantitative estimate of drug-likeness (QED) is 0.286. The van der Waals surface area contributed by atoms with E-state index in [9.17, 15) is 9.59 Å². The van der Waals surface area contributed by atoms with Crippen molar-refractivity contribution in [3.63, 3.8) is 0 Å². The number of hydrogen-bond donors (Lipinski definition) is 1. The number of unbranched alkanes of at least 4 members (excludes halogenated alkanes) is 4. The highest BCUT2D eigenvalue weighted by molar-refractivity contribution is 5.76. The summed E-state index contributed by atoms with van der Waals surface area (Å²) in [6, 6.07) is 5.46. The van der Waals surface area contributed by atoms with Crippen molar-refractivity contribution in [2.75, 3.05) is 13.1 Å². The molecule has 152 valence electrons. The van der Waals surface area contributed by atoms with Crippen LogP contribution in [0.1, 0.15) is 77.7 Å². The minimum Gasteiger partial charge on any atom is -0.423 e. The topological polar surface area (TPSA) is 64.6 Å². The summed E-state index contributed by atoms with van der Waals surface area (Å²) in [5.74, 6) is 0.101. The van der Waals surface area contributed by atoms with Gasteiger partial charge in [0.25, 0.3) is 0 Å². The fraction of sp³-hybridized carbons (Fsp3) is 0.636. The molecular weight excluding hydrogens is 342 g/mol. The summed E-state index contributed by atoms with van der Waals surface area (Å²) in [5.41, 5.74) is 1.04. The first-order valence-electron chi connectivity index (χ1n) is 10.4. The predicted molar refractivity (Wildman–Crippen MR) is 108 cm³/mol. The van der Waals surface area contributed by atoms with Gasteiger partial charge in [0.1, 0.15) is 0 Å². The number of carbonyl (C=O) groups excluding carboxylic acids is 2. The number of likely N-dealkylation sites (N-methyl/N-ethyl adjacent to an activating group) is 1. The van der Waals surface area contributed by atoms with E-state index in [2.05, 4.69) is 26.1 Å². The summed E-state index contributed by atoms with van der Waals surface area (Å²) < 4.78 is 11.0. The third-order valence-electron chi connectivity index (χ3n) is 4.27. The van der Waals surface area contributed by atoms with Gasteiger partial charge < -0.3 is 14.8 Å². The number of ether oxygens (including phenoxy) is 2. The van der Waals surface area contributed by atoms with Gasteiger partial charge in [0.15, 0.2) is 11.5 Å². The van der Waals surface area contributed by atoms with E-state index >= 15 is 0 Å². The SMILES string of the molecule is CCCCCC(=O)Oc1ccc(CCNCC)cc1OC(=O)CCCCC. The van der Waals surface area contributed by atoms with E-state index in [0.717, 1.165) is 63.6 Å². The molecule has 0 aliphatic heterocycles. The molecule has 0 fully saturated rings. The maximum Gasteiger partial charge on any atom is 0.311 e. The third kappa shape index (κ3) is 10.1. The molecule has 0 heterocycles. The Morgan fingerprint density at radius 3 is 2.00 bits per heavy atom. The summed E-state index contributed by atoms with van der Waals surface area (Å²) in [6.07, 6.45) is 7.28. The maximum absolute atomic E-state index is 12.1. The van der Waals surface area contributed by atoms with Crippen molar-refractivity contribution in [2.24, 2.45) is 0 Å². The lowest BCUT2D eigenvalue weighted by Crippen LogP contribution is -2.16. The fourth-order valence-corrected chi connectivity index (χ4v) is 2.67. The van der Waals surface area contributed by atoms with Crippen LogP contribution in [0.25, 0.3) is 0 Å². The molecule has 0 saturated heterocycles. The van der Waals surface area contributed by atoms with Crippen LogP contribution < -0.4 is 14.8 Å². The molecule has 5 nitrogen and oxygen atoms in total. The van der Waals surface area contributed by atoms with Gasteiger partial charge >= 0.3 is 11.9 Å². The van der Waals surface area contributed by atoms with Gasteiger partial charge in [0, 0.05) is 12.8 Å². The van der Waals surface area contributed by atoms with E-state index in [1.54, 1.807) is 6.07 Å². The molecule has 0 aliphatic carbocycles. The molecular formula is C22H35NO4. The first-order chi connectivity index (χ1) is 13.1. The van der Waals surface area contributed by atoms with Crippen molar-refractivity contribution in [3.05, 3.63) is 23.8 Å². The van der Waals surface area contributed by atoms with Crippen molar-refractivity contribution in [2.45, 2.75) is 78.6 Å². The van der Waals surface area contributed by atoms with Crippen molar-refractivity contribution in [3.8, 4) is 11.5 Å². The molecule has 27 heavy (non-hydrogen) atoms. The summed E-state index contributed by atoms with van der Waals surface area (Å²) >= 11 is 0. The highest BCUT2D eigenvalue weighted by Crippen LogP contribution is 2.30. The summed E-state index contributed by atoms with van der Waals surface area (Å²) in [6.45, 7) is 8.00. The Balaban J connectivity index is 2.79. The Kier molecular flexibility index (Phi) is 12.2. The molecule has 0 radical (unpaired) electrons. The molecule has 0 atom stereocenters. The molecule has 1 rings (SSSR count). The highest BCUT2D eigenvalue weighted by Gasteiger charge is 2.14. The zero-order valence-corrected chi connectivity index (χ0v) is 17.1. The normalized spacial score (nSPS) is 10.6. The maximum atomic E-state index is 12.1. The van der Waals surface area contributed by atoms with Gasteiger partial charge in [-0.05, 0) is 50.0 Å². The van der Waals surface area contributed by atoms with Gasteiger partial charge in [-0.2, -0.15) is 0 Å². The second-order valence-corrected chi connectivity index (χ2v) is 6.75. The number of rotatable bonds is 14. The van der Waals surface area contributed by atoms with Gasteiger partial charge in [0.2, 0.25) is 0 Å². The van der Waals surface area contributed by atoms with Crippen LogP contribution >= 0.6 is 0 Å². The first kappa shape index (κ1) is 23.2. The van der Waals surface area contributed by atoms with Crippen molar-refractivity contribution in [1.29, 1.82) is 0 Å². The van der Waals surface area contributed by atoms with E-state index in [4.69, 9.17) is 9.47 Å². The van der Waals surface area contributed by atoms with Crippen molar-refractivity contribution >= 4 is 11.9 Å². The van der Waals surface area contributed by atoms with Crippen LogP contribution in [0.5, 0.6) is 11.5 Å².